The Bertz CT molecular complexity index is 374. The van der Waals surface area contributed by atoms with Gasteiger partial charge in [0.05, 0.1) is 5.69 Å². The number of nitrogens with zero attached hydrogens (tertiary/aromatic N) is 3. The molecule has 5 nitrogen and oxygen atoms in total. The maximum Gasteiger partial charge on any atom is 0.297 e. The lowest BCUT2D eigenvalue weighted by molar-refractivity contribution is 0.136. The van der Waals surface area contributed by atoms with Crippen LogP contribution in [0.4, 0.5) is 6.01 Å². The van der Waals surface area contributed by atoms with Crippen LogP contribution in [0.5, 0.6) is 0 Å². The summed E-state index contributed by atoms with van der Waals surface area (Å²) in [6.07, 6.45) is 1.73. The molecule has 0 spiro atoms. The third kappa shape index (κ3) is 2.61. The highest BCUT2D eigenvalue weighted by atomic mass is 16.4. The fraction of sp³-hybridized carbons (Fsp3) is 0.750. The van der Waals surface area contributed by atoms with E-state index in [0.717, 1.165) is 37.9 Å². The zero-order valence-electron chi connectivity index (χ0n) is 11.2. The normalized spacial score (nSPS) is 20.8. The van der Waals surface area contributed by atoms with Crippen LogP contribution < -0.4 is 10.2 Å². The van der Waals surface area contributed by atoms with Crippen molar-refractivity contribution in [2.75, 3.05) is 38.6 Å². The summed E-state index contributed by atoms with van der Waals surface area (Å²) in [4.78, 5) is 9.09. The summed E-state index contributed by atoms with van der Waals surface area (Å²) in [5.41, 5.74) is 1.12. The van der Waals surface area contributed by atoms with Crippen molar-refractivity contribution in [3.63, 3.8) is 0 Å². The molecule has 1 N–H and O–H groups in total. The molecule has 1 aromatic heterocycles. The molecule has 2 rings (SSSR count). The van der Waals surface area contributed by atoms with Crippen molar-refractivity contribution in [2.24, 2.45) is 0 Å². The SMILES string of the molecule is CNCc1coc(N2CCN(C)C(C)(C)C2)n1. The molecule has 1 aliphatic heterocycles. The van der Waals surface area contributed by atoms with Crippen LogP contribution in [0.15, 0.2) is 10.7 Å². The Balaban J connectivity index is 2.07. The van der Waals surface area contributed by atoms with Crippen molar-refractivity contribution in [1.29, 1.82) is 0 Å². The number of aromatic nitrogens is 1. The predicted octanol–water partition coefficient (Wildman–Crippen LogP) is 0.924. The van der Waals surface area contributed by atoms with Crippen molar-refractivity contribution < 1.29 is 4.42 Å². The van der Waals surface area contributed by atoms with E-state index in [1.165, 1.54) is 0 Å². The number of likely N-dealkylation sites (N-methyl/N-ethyl adjacent to an activating group) is 1. The molecule has 0 atom stereocenters. The number of hydrogen-bond donors (Lipinski definition) is 1. The van der Waals surface area contributed by atoms with Crippen molar-refractivity contribution in [1.82, 2.24) is 15.2 Å². The third-order valence-corrected chi connectivity index (χ3v) is 3.48. The second kappa shape index (κ2) is 4.66. The number of nitrogens with one attached hydrogen (secondary N) is 1. The van der Waals surface area contributed by atoms with Gasteiger partial charge in [0.1, 0.15) is 6.26 Å². The lowest BCUT2D eigenvalue weighted by Crippen LogP contribution is -2.57. The fourth-order valence-corrected chi connectivity index (χ4v) is 2.11. The average Bonchev–Trinajstić information content (AvgIpc) is 2.71. The maximum absolute atomic E-state index is 5.54. The molecular formula is C12H22N4O. The van der Waals surface area contributed by atoms with Gasteiger partial charge in [-0.05, 0) is 27.9 Å². The summed E-state index contributed by atoms with van der Waals surface area (Å²) in [6, 6.07) is 0.747. The monoisotopic (exact) mass is 238 g/mol. The minimum atomic E-state index is 0.163. The summed E-state index contributed by atoms with van der Waals surface area (Å²) < 4.78 is 5.54. The summed E-state index contributed by atoms with van der Waals surface area (Å²) >= 11 is 0. The number of oxazole rings is 1. The van der Waals surface area contributed by atoms with Gasteiger partial charge in [0.25, 0.3) is 6.01 Å². The quantitative estimate of drug-likeness (QED) is 0.848. The molecule has 96 valence electrons. The molecule has 0 radical (unpaired) electrons. The first-order valence-corrected chi connectivity index (χ1v) is 6.08. The smallest absolute Gasteiger partial charge is 0.297 e. The Hall–Kier alpha value is -1.07. The second-order valence-corrected chi connectivity index (χ2v) is 5.31. The first kappa shape index (κ1) is 12.4. The van der Waals surface area contributed by atoms with Crippen LogP contribution in [0.25, 0.3) is 0 Å². The molecule has 1 saturated heterocycles. The lowest BCUT2D eigenvalue weighted by Gasteiger charge is -2.44. The van der Waals surface area contributed by atoms with Gasteiger partial charge < -0.3 is 14.6 Å². The van der Waals surface area contributed by atoms with Crippen LogP contribution in [0.1, 0.15) is 19.5 Å². The van der Waals surface area contributed by atoms with Crippen LogP contribution in [0.3, 0.4) is 0 Å². The average molecular weight is 238 g/mol. The number of rotatable bonds is 3. The highest BCUT2D eigenvalue weighted by Crippen LogP contribution is 2.23. The topological polar surface area (TPSA) is 44.5 Å². The van der Waals surface area contributed by atoms with Gasteiger partial charge in [-0.3, -0.25) is 4.90 Å². The maximum atomic E-state index is 5.54. The molecule has 0 unspecified atom stereocenters. The van der Waals surface area contributed by atoms with E-state index in [9.17, 15) is 0 Å². The molecule has 17 heavy (non-hydrogen) atoms. The molecule has 1 aliphatic rings. The Morgan fingerprint density at radius 2 is 2.24 bits per heavy atom. The third-order valence-electron chi connectivity index (χ3n) is 3.48. The number of piperazine rings is 1. The Morgan fingerprint density at radius 1 is 1.47 bits per heavy atom. The molecule has 5 heteroatoms. The molecule has 1 aromatic rings. The molecule has 1 fully saturated rings. The van der Waals surface area contributed by atoms with E-state index in [0.29, 0.717) is 0 Å². The number of hydrogen-bond acceptors (Lipinski definition) is 5. The zero-order chi connectivity index (χ0) is 12.5. The Labute approximate surface area is 103 Å². The van der Waals surface area contributed by atoms with E-state index in [2.05, 4.69) is 41.0 Å². The van der Waals surface area contributed by atoms with Gasteiger partial charge in [-0.2, -0.15) is 4.98 Å². The van der Waals surface area contributed by atoms with Crippen LogP contribution in [0.2, 0.25) is 0 Å². The lowest BCUT2D eigenvalue weighted by atomic mass is 10.0. The molecule has 2 heterocycles. The largest absolute Gasteiger partial charge is 0.432 e. The van der Waals surface area contributed by atoms with E-state index >= 15 is 0 Å². The minimum Gasteiger partial charge on any atom is -0.432 e. The zero-order valence-corrected chi connectivity index (χ0v) is 11.2. The summed E-state index contributed by atoms with van der Waals surface area (Å²) in [6.45, 7) is 8.20. The first-order valence-electron chi connectivity index (χ1n) is 6.08. The number of anilines is 1. The summed E-state index contributed by atoms with van der Waals surface area (Å²) in [5, 5.41) is 3.07. The van der Waals surface area contributed by atoms with E-state index in [1.807, 2.05) is 7.05 Å². The molecule has 0 amide bonds. The van der Waals surface area contributed by atoms with Gasteiger partial charge in [0.2, 0.25) is 0 Å². The highest BCUT2D eigenvalue weighted by molar-refractivity contribution is 5.29. The van der Waals surface area contributed by atoms with Crippen LogP contribution in [-0.2, 0) is 6.54 Å². The van der Waals surface area contributed by atoms with Crippen LogP contribution in [-0.4, -0.2) is 49.2 Å². The van der Waals surface area contributed by atoms with Gasteiger partial charge in [0.15, 0.2) is 0 Å². The van der Waals surface area contributed by atoms with Gasteiger partial charge in [0, 0.05) is 31.7 Å². The first-order chi connectivity index (χ1) is 8.03. The van der Waals surface area contributed by atoms with Gasteiger partial charge in [-0.1, -0.05) is 0 Å². The molecule has 0 aromatic carbocycles. The van der Waals surface area contributed by atoms with Crippen molar-refractivity contribution in [3.8, 4) is 0 Å². The standard InChI is InChI=1S/C12H22N4O/c1-12(2)9-16(6-5-15(12)4)11-14-10(7-13-3)8-17-11/h8,13H,5-7,9H2,1-4H3. The van der Waals surface area contributed by atoms with E-state index in [1.54, 1.807) is 6.26 Å². The van der Waals surface area contributed by atoms with E-state index in [4.69, 9.17) is 4.42 Å². The van der Waals surface area contributed by atoms with Crippen LogP contribution in [0, 0.1) is 0 Å². The summed E-state index contributed by atoms with van der Waals surface area (Å²) in [5.74, 6) is 0. The highest BCUT2D eigenvalue weighted by Gasteiger charge is 2.32. The van der Waals surface area contributed by atoms with Gasteiger partial charge in [-0.15, -0.1) is 0 Å². The minimum absolute atomic E-state index is 0.163. The van der Waals surface area contributed by atoms with Gasteiger partial charge in [-0.25, -0.2) is 0 Å². The van der Waals surface area contributed by atoms with E-state index in [-0.39, 0.29) is 5.54 Å². The van der Waals surface area contributed by atoms with Crippen LogP contribution >= 0.6 is 0 Å². The van der Waals surface area contributed by atoms with Crippen molar-refractivity contribution in [3.05, 3.63) is 12.0 Å². The molecule has 0 aliphatic carbocycles. The molecule has 0 saturated carbocycles. The van der Waals surface area contributed by atoms with E-state index < -0.39 is 0 Å². The second-order valence-electron chi connectivity index (χ2n) is 5.31. The predicted molar refractivity (Wildman–Crippen MR) is 68.2 cm³/mol. The Kier molecular flexibility index (Phi) is 3.40. The summed E-state index contributed by atoms with van der Waals surface area (Å²) in [7, 11) is 4.08. The molecule has 0 bridgehead atoms. The van der Waals surface area contributed by atoms with Gasteiger partial charge >= 0.3 is 0 Å². The fourth-order valence-electron chi connectivity index (χ4n) is 2.11. The van der Waals surface area contributed by atoms with Crippen molar-refractivity contribution in [2.45, 2.75) is 25.9 Å². The Morgan fingerprint density at radius 3 is 2.88 bits per heavy atom. The van der Waals surface area contributed by atoms with Crippen molar-refractivity contribution >= 4 is 6.01 Å². The molecular weight excluding hydrogens is 216 g/mol.